The molecule has 1 aliphatic heterocycles. The molecule has 9 heteroatoms. The van der Waals surface area contributed by atoms with Crippen molar-refractivity contribution in [3.8, 4) is 11.9 Å². The monoisotopic (exact) mass is 520 g/mol. The number of rotatable bonds is 10. The number of aromatic nitrogens is 2. The Morgan fingerprint density at radius 1 is 0.947 bits per heavy atom. The Hall–Kier alpha value is -3.63. The van der Waals surface area contributed by atoms with Gasteiger partial charge in [-0.25, -0.2) is 4.39 Å². The summed E-state index contributed by atoms with van der Waals surface area (Å²) in [7, 11) is 2.85. The Balaban J connectivity index is 1.44. The molecule has 3 aromatic carbocycles. The van der Waals surface area contributed by atoms with E-state index in [0.717, 1.165) is 11.1 Å². The van der Waals surface area contributed by atoms with Crippen molar-refractivity contribution in [1.82, 2.24) is 9.97 Å². The molecule has 3 unspecified atom stereocenters. The maximum absolute atomic E-state index is 15.6. The van der Waals surface area contributed by atoms with Crippen molar-refractivity contribution in [2.24, 2.45) is 0 Å². The summed E-state index contributed by atoms with van der Waals surface area (Å²) in [4.78, 5) is 8.43. The molecule has 0 spiro atoms. The number of benzene rings is 3. The van der Waals surface area contributed by atoms with E-state index in [4.69, 9.17) is 23.7 Å². The zero-order valence-corrected chi connectivity index (χ0v) is 21.2. The fourth-order valence-electron chi connectivity index (χ4n) is 4.57. The number of ether oxygens (including phenoxy) is 5. The molecule has 1 aromatic heterocycles. The third-order valence-corrected chi connectivity index (χ3v) is 6.46. The highest BCUT2D eigenvalue weighted by atomic mass is 19.1. The first-order valence-corrected chi connectivity index (χ1v) is 12.3. The van der Waals surface area contributed by atoms with Gasteiger partial charge in [0.1, 0.15) is 11.9 Å². The normalized spacial score (nSPS) is 21.1. The minimum Gasteiger partial charge on any atom is -0.480 e. The van der Waals surface area contributed by atoms with Crippen LogP contribution in [0.1, 0.15) is 23.1 Å². The second-order valence-corrected chi connectivity index (χ2v) is 9.03. The van der Waals surface area contributed by atoms with Crippen molar-refractivity contribution in [3.05, 3.63) is 95.3 Å². The molecule has 8 nitrogen and oxygen atoms in total. The van der Waals surface area contributed by atoms with Gasteiger partial charge in [-0.3, -0.25) is 0 Å². The first-order chi connectivity index (χ1) is 18.5. The van der Waals surface area contributed by atoms with Gasteiger partial charge in [0.15, 0.2) is 0 Å². The summed E-state index contributed by atoms with van der Waals surface area (Å²) in [6.45, 7) is 0.796. The number of halogens is 1. The Morgan fingerprint density at radius 3 is 2.29 bits per heavy atom. The molecule has 3 atom stereocenters. The molecule has 0 radical (unpaired) electrons. The maximum atomic E-state index is 15.6. The highest BCUT2D eigenvalue weighted by molar-refractivity contribution is 5.84. The van der Waals surface area contributed by atoms with E-state index in [0.29, 0.717) is 23.9 Å². The number of hydrogen-bond acceptors (Lipinski definition) is 8. The second kappa shape index (κ2) is 11.4. The Bertz CT molecular complexity index is 1370. The molecule has 38 heavy (non-hydrogen) atoms. The van der Waals surface area contributed by atoms with Crippen LogP contribution in [-0.4, -0.2) is 48.1 Å². The minimum absolute atomic E-state index is 0.0512. The SMILES string of the molecule is COc1nc(OC)c2cc(F)c(C3(O)OC(COCc4ccccc4)CC3OCc3ccccc3)cc2n1. The molecule has 0 bridgehead atoms. The molecule has 1 aliphatic rings. The van der Waals surface area contributed by atoms with E-state index in [9.17, 15) is 5.11 Å². The molecule has 0 amide bonds. The van der Waals surface area contributed by atoms with Crippen molar-refractivity contribution >= 4 is 10.9 Å². The van der Waals surface area contributed by atoms with Crippen molar-refractivity contribution < 1.29 is 33.2 Å². The van der Waals surface area contributed by atoms with E-state index >= 15 is 4.39 Å². The van der Waals surface area contributed by atoms with Crippen LogP contribution in [0, 0.1) is 5.82 Å². The van der Waals surface area contributed by atoms with Gasteiger partial charge in [-0.05, 0) is 23.3 Å². The molecule has 1 fully saturated rings. The molecule has 0 aliphatic carbocycles. The van der Waals surface area contributed by atoms with Crippen LogP contribution in [0.3, 0.4) is 0 Å². The summed E-state index contributed by atoms with van der Waals surface area (Å²) >= 11 is 0. The fraction of sp³-hybridized carbons (Fsp3) is 0.310. The molecule has 4 aromatic rings. The number of nitrogens with zero attached hydrogens (tertiary/aromatic N) is 2. The van der Waals surface area contributed by atoms with Crippen molar-refractivity contribution in [2.75, 3.05) is 20.8 Å². The summed E-state index contributed by atoms with van der Waals surface area (Å²) in [6.07, 6.45) is -1.11. The summed E-state index contributed by atoms with van der Waals surface area (Å²) < 4.78 is 44.1. The topological polar surface area (TPSA) is 92.2 Å². The standard InChI is InChI=1S/C29H29FN2O6/c1-34-27-22-14-24(30)23(15-25(22)31-28(32-27)35-2)29(33)26(37-17-20-11-7-4-8-12-20)13-21(38-29)18-36-16-19-9-5-3-6-10-19/h3-12,14-15,21,26,33H,13,16-18H2,1-2H3. The zero-order chi connectivity index (χ0) is 26.5. The van der Waals surface area contributed by atoms with Gasteiger partial charge >= 0.3 is 6.01 Å². The zero-order valence-electron chi connectivity index (χ0n) is 21.2. The van der Waals surface area contributed by atoms with E-state index in [1.807, 2.05) is 60.7 Å². The van der Waals surface area contributed by atoms with Crippen LogP contribution in [0.4, 0.5) is 4.39 Å². The number of aliphatic hydroxyl groups is 1. The predicted octanol–water partition coefficient (Wildman–Crippen LogP) is 4.52. The van der Waals surface area contributed by atoms with Gasteiger partial charge in [0, 0.05) is 6.42 Å². The molecule has 1 N–H and O–H groups in total. The van der Waals surface area contributed by atoms with Crippen LogP contribution in [-0.2, 0) is 33.2 Å². The highest BCUT2D eigenvalue weighted by Gasteiger charge is 2.51. The lowest BCUT2D eigenvalue weighted by Crippen LogP contribution is -2.39. The summed E-state index contributed by atoms with van der Waals surface area (Å²) in [5.41, 5.74) is 2.16. The van der Waals surface area contributed by atoms with E-state index in [1.54, 1.807) is 0 Å². The Morgan fingerprint density at radius 2 is 1.63 bits per heavy atom. The van der Waals surface area contributed by atoms with Gasteiger partial charge in [0.25, 0.3) is 0 Å². The van der Waals surface area contributed by atoms with Gasteiger partial charge in [-0.1, -0.05) is 60.7 Å². The lowest BCUT2D eigenvalue weighted by Gasteiger charge is -2.30. The van der Waals surface area contributed by atoms with Crippen molar-refractivity contribution in [2.45, 2.75) is 37.6 Å². The first-order valence-electron chi connectivity index (χ1n) is 12.3. The lowest BCUT2D eigenvalue weighted by molar-refractivity contribution is -0.253. The average Bonchev–Trinajstić information content (AvgIpc) is 3.27. The number of hydrogen-bond donors (Lipinski definition) is 1. The average molecular weight is 521 g/mol. The fourth-order valence-corrected chi connectivity index (χ4v) is 4.57. The third kappa shape index (κ3) is 5.46. The van der Waals surface area contributed by atoms with Crippen molar-refractivity contribution in [3.63, 3.8) is 0 Å². The summed E-state index contributed by atoms with van der Waals surface area (Å²) in [5, 5.41) is 12.2. The molecular weight excluding hydrogens is 491 g/mol. The van der Waals surface area contributed by atoms with Crippen LogP contribution in [0.2, 0.25) is 0 Å². The highest BCUT2D eigenvalue weighted by Crippen LogP contribution is 2.42. The van der Waals surface area contributed by atoms with E-state index in [2.05, 4.69) is 9.97 Å². The number of fused-ring (bicyclic) bond motifs is 1. The first kappa shape index (κ1) is 26.0. The van der Waals surface area contributed by atoms with Crippen LogP contribution >= 0.6 is 0 Å². The van der Waals surface area contributed by atoms with Crippen LogP contribution in [0.5, 0.6) is 11.9 Å². The smallest absolute Gasteiger partial charge is 0.320 e. The molecule has 0 saturated carbocycles. The summed E-state index contributed by atoms with van der Waals surface area (Å²) in [5.74, 6) is -2.63. The lowest BCUT2D eigenvalue weighted by atomic mass is 9.97. The van der Waals surface area contributed by atoms with Crippen LogP contribution < -0.4 is 9.47 Å². The van der Waals surface area contributed by atoms with E-state index in [-0.39, 0.29) is 30.7 Å². The minimum atomic E-state index is -2.08. The molecule has 5 rings (SSSR count). The maximum Gasteiger partial charge on any atom is 0.320 e. The third-order valence-electron chi connectivity index (χ3n) is 6.46. The van der Waals surface area contributed by atoms with Crippen molar-refractivity contribution in [1.29, 1.82) is 0 Å². The van der Waals surface area contributed by atoms with Gasteiger partial charge in [-0.2, -0.15) is 9.97 Å². The van der Waals surface area contributed by atoms with Gasteiger partial charge in [0.2, 0.25) is 11.7 Å². The molecule has 2 heterocycles. The van der Waals surface area contributed by atoms with Crippen LogP contribution in [0.25, 0.3) is 10.9 Å². The molecular formula is C29H29FN2O6. The van der Waals surface area contributed by atoms with E-state index in [1.165, 1.54) is 26.4 Å². The van der Waals surface area contributed by atoms with Gasteiger partial charge < -0.3 is 28.8 Å². The van der Waals surface area contributed by atoms with Gasteiger partial charge in [-0.15, -0.1) is 0 Å². The Labute approximate surface area is 219 Å². The Kier molecular flexibility index (Phi) is 7.80. The van der Waals surface area contributed by atoms with E-state index < -0.39 is 23.8 Å². The predicted molar refractivity (Wildman–Crippen MR) is 137 cm³/mol. The largest absolute Gasteiger partial charge is 0.480 e. The molecule has 198 valence electrons. The van der Waals surface area contributed by atoms with Gasteiger partial charge in [0.05, 0.1) is 56.6 Å². The summed E-state index contributed by atoms with van der Waals surface area (Å²) in [6, 6.07) is 22.0. The second-order valence-electron chi connectivity index (χ2n) is 9.03. The van der Waals surface area contributed by atoms with Crippen LogP contribution in [0.15, 0.2) is 72.8 Å². The number of methoxy groups -OCH3 is 2. The quantitative estimate of drug-likeness (QED) is 0.326. The molecule has 1 saturated heterocycles.